The average Bonchev–Trinajstić information content (AvgIpc) is 2.99. The van der Waals surface area contributed by atoms with Crippen molar-refractivity contribution < 1.29 is 9.53 Å². The first kappa shape index (κ1) is 14.9. The number of anilines is 1. The fraction of sp³-hybridized carbons (Fsp3) is 0.562. The van der Waals surface area contributed by atoms with E-state index in [0.717, 1.165) is 17.4 Å². The number of hydrogen-bond acceptors (Lipinski definition) is 3. The molecule has 0 unspecified atom stereocenters. The molecule has 1 aromatic rings. The first-order valence-corrected chi connectivity index (χ1v) is 7.36. The molecule has 1 aromatic carbocycles. The summed E-state index contributed by atoms with van der Waals surface area (Å²) in [5, 5.41) is 6.21. The first-order chi connectivity index (χ1) is 9.69. The molecule has 1 aliphatic carbocycles. The summed E-state index contributed by atoms with van der Waals surface area (Å²) >= 11 is 0. The molecule has 2 rings (SSSR count). The minimum atomic E-state index is -0.0110. The van der Waals surface area contributed by atoms with Crippen LogP contribution in [0.15, 0.2) is 24.3 Å². The molecule has 0 radical (unpaired) electrons. The molecular weight excluding hydrogens is 252 g/mol. The Hall–Kier alpha value is -1.55. The van der Waals surface area contributed by atoms with Gasteiger partial charge in [0.1, 0.15) is 5.75 Å². The molecule has 0 heterocycles. The summed E-state index contributed by atoms with van der Waals surface area (Å²) in [6.07, 6.45) is 5.22. The Morgan fingerprint density at radius 3 is 2.85 bits per heavy atom. The molecule has 110 valence electrons. The average molecular weight is 276 g/mol. The van der Waals surface area contributed by atoms with Crippen LogP contribution in [0.5, 0.6) is 5.75 Å². The normalized spacial score (nSPS) is 16.9. The SMILES string of the molecule is COc1cccc(NC(=O)CN[C@H](C)C2CCCC2)c1. The molecule has 0 aromatic heterocycles. The van der Waals surface area contributed by atoms with Crippen molar-refractivity contribution in [3.63, 3.8) is 0 Å². The second-order valence-electron chi connectivity index (χ2n) is 5.49. The van der Waals surface area contributed by atoms with Gasteiger partial charge in [-0.2, -0.15) is 0 Å². The summed E-state index contributed by atoms with van der Waals surface area (Å²) < 4.78 is 5.14. The Labute approximate surface area is 120 Å². The summed E-state index contributed by atoms with van der Waals surface area (Å²) in [6.45, 7) is 2.53. The lowest BCUT2D eigenvalue weighted by atomic mass is 10.00. The monoisotopic (exact) mass is 276 g/mol. The van der Waals surface area contributed by atoms with E-state index >= 15 is 0 Å². The van der Waals surface area contributed by atoms with E-state index in [-0.39, 0.29) is 5.91 Å². The van der Waals surface area contributed by atoms with Gasteiger partial charge in [0.05, 0.1) is 13.7 Å². The lowest BCUT2D eigenvalue weighted by Gasteiger charge is -2.20. The van der Waals surface area contributed by atoms with Gasteiger partial charge in [-0.05, 0) is 37.8 Å². The molecule has 2 N–H and O–H groups in total. The van der Waals surface area contributed by atoms with E-state index in [1.165, 1.54) is 25.7 Å². The van der Waals surface area contributed by atoms with Crippen molar-refractivity contribution in [3.8, 4) is 5.75 Å². The van der Waals surface area contributed by atoms with Crippen LogP contribution in [0.4, 0.5) is 5.69 Å². The number of ether oxygens (including phenoxy) is 1. The smallest absolute Gasteiger partial charge is 0.238 e. The Balaban J connectivity index is 1.76. The predicted octanol–water partition coefficient (Wildman–Crippen LogP) is 2.80. The predicted molar refractivity (Wildman–Crippen MR) is 81.0 cm³/mol. The highest BCUT2D eigenvalue weighted by Gasteiger charge is 2.21. The summed E-state index contributed by atoms with van der Waals surface area (Å²) in [7, 11) is 1.62. The maximum Gasteiger partial charge on any atom is 0.238 e. The zero-order valence-electron chi connectivity index (χ0n) is 12.3. The molecule has 1 aliphatic rings. The van der Waals surface area contributed by atoms with E-state index in [4.69, 9.17) is 4.74 Å². The summed E-state index contributed by atoms with van der Waals surface area (Å²) in [6, 6.07) is 7.81. The van der Waals surface area contributed by atoms with Crippen LogP contribution in [0.25, 0.3) is 0 Å². The fourth-order valence-corrected chi connectivity index (χ4v) is 2.78. The van der Waals surface area contributed by atoms with Gasteiger partial charge in [0, 0.05) is 17.8 Å². The fourth-order valence-electron chi connectivity index (χ4n) is 2.78. The zero-order valence-corrected chi connectivity index (χ0v) is 12.3. The second-order valence-corrected chi connectivity index (χ2v) is 5.49. The molecule has 1 fully saturated rings. The molecule has 1 amide bonds. The van der Waals surface area contributed by atoms with Crippen LogP contribution in [0.1, 0.15) is 32.6 Å². The molecule has 1 saturated carbocycles. The lowest BCUT2D eigenvalue weighted by molar-refractivity contribution is -0.115. The van der Waals surface area contributed by atoms with Crippen molar-refractivity contribution in [2.75, 3.05) is 19.0 Å². The zero-order chi connectivity index (χ0) is 14.4. The van der Waals surface area contributed by atoms with Crippen LogP contribution in [0.3, 0.4) is 0 Å². The first-order valence-electron chi connectivity index (χ1n) is 7.36. The number of carbonyl (C=O) groups is 1. The minimum absolute atomic E-state index is 0.0110. The van der Waals surface area contributed by atoms with Crippen molar-refractivity contribution in [2.24, 2.45) is 5.92 Å². The number of benzene rings is 1. The number of carbonyl (C=O) groups excluding carboxylic acids is 1. The largest absolute Gasteiger partial charge is 0.497 e. The Kier molecular flexibility index (Phi) is 5.41. The van der Waals surface area contributed by atoms with Gasteiger partial charge in [0.15, 0.2) is 0 Å². The molecule has 1 atom stereocenters. The van der Waals surface area contributed by atoms with Crippen molar-refractivity contribution in [1.29, 1.82) is 0 Å². The van der Waals surface area contributed by atoms with Crippen LogP contribution in [-0.4, -0.2) is 25.6 Å². The molecule has 4 heteroatoms. The number of methoxy groups -OCH3 is 1. The topological polar surface area (TPSA) is 50.4 Å². The van der Waals surface area contributed by atoms with Crippen LogP contribution in [0, 0.1) is 5.92 Å². The summed E-state index contributed by atoms with van der Waals surface area (Å²) in [5.41, 5.74) is 0.768. The highest BCUT2D eigenvalue weighted by molar-refractivity contribution is 5.92. The van der Waals surface area contributed by atoms with E-state index in [1.807, 2.05) is 24.3 Å². The third-order valence-electron chi connectivity index (χ3n) is 4.05. The third kappa shape index (κ3) is 4.23. The number of amides is 1. The highest BCUT2D eigenvalue weighted by Crippen LogP contribution is 2.27. The van der Waals surface area contributed by atoms with Crippen molar-refractivity contribution >= 4 is 11.6 Å². The summed E-state index contributed by atoms with van der Waals surface area (Å²) in [5.74, 6) is 1.46. The van der Waals surface area contributed by atoms with Gasteiger partial charge in [-0.25, -0.2) is 0 Å². The number of rotatable bonds is 6. The second kappa shape index (κ2) is 7.29. The Morgan fingerprint density at radius 2 is 2.15 bits per heavy atom. The highest BCUT2D eigenvalue weighted by atomic mass is 16.5. The Bertz CT molecular complexity index is 442. The van der Waals surface area contributed by atoms with E-state index in [2.05, 4.69) is 17.6 Å². The number of nitrogens with one attached hydrogen (secondary N) is 2. The standard InChI is InChI=1S/C16H24N2O2/c1-12(13-6-3-4-7-13)17-11-16(19)18-14-8-5-9-15(10-14)20-2/h5,8-10,12-13,17H,3-4,6-7,11H2,1-2H3,(H,18,19)/t12-/m1/s1. The van der Waals surface area contributed by atoms with Gasteiger partial charge in [0.25, 0.3) is 0 Å². The van der Waals surface area contributed by atoms with Gasteiger partial charge in [0.2, 0.25) is 5.91 Å². The van der Waals surface area contributed by atoms with Gasteiger partial charge >= 0.3 is 0 Å². The van der Waals surface area contributed by atoms with Crippen LogP contribution in [0.2, 0.25) is 0 Å². The molecule has 20 heavy (non-hydrogen) atoms. The van der Waals surface area contributed by atoms with Crippen molar-refractivity contribution in [2.45, 2.75) is 38.6 Å². The maximum absolute atomic E-state index is 11.9. The summed E-state index contributed by atoms with van der Waals surface area (Å²) in [4.78, 5) is 11.9. The van der Waals surface area contributed by atoms with E-state index in [9.17, 15) is 4.79 Å². The molecular formula is C16H24N2O2. The van der Waals surface area contributed by atoms with Gasteiger partial charge in [-0.15, -0.1) is 0 Å². The van der Waals surface area contributed by atoms with Crippen LogP contribution >= 0.6 is 0 Å². The third-order valence-corrected chi connectivity index (χ3v) is 4.05. The van der Waals surface area contributed by atoms with Gasteiger partial charge in [-0.1, -0.05) is 18.9 Å². The molecule has 0 saturated heterocycles. The minimum Gasteiger partial charge on any atom is -0.497 e. The van der Waals surface area contributed by atoms with Crippen molar-refractivity contribution in [3.05, 3.63) is 24.3 Å². The maximum atomic E-state index is 11.9. The van der Waals surface area contributed by atoms with Gasteiger partial charge in [-0.3, -0.25) is 4.79 Å². The molecule has 0 aliphatic heterocycles. The molecule has 0 spiro atoms. The lowest BCUT2D eigenvalue weighted by Crippen LogP contribution is -2.38. The van der Waals surface area contributed by atoms with Crippen molar-refractivity contribution in [1.82, 2.24) is 5.32 Å². The van der Waals surface area contributed by atoms with Gasteiger partial charge < -0.3 is 15.4 Å². The quantitative estimate of drug-likeness (QED) is 0.840. The van der Waals surface area contributed by atoms with E-state index < -0.39 is 0 Å². The molecule has 4 nitrogen and oxygen atoms in total. The molecule has 0 bridgehead atoms. The Morgan fingerprint density at radius 1 is 1.40 bits per heavy atom. The van der Waals surface area contributed by atoms with Crippen LogP contribution in [-0.2, 0) is 4.79 Å². The number of hydrogen-bond donors (Lipinski definition) is 2. The van der Waals surface area contributed by atoms with E-state index in [0.29, 0.717) is 12.6 Å². The van der Waals surface area contributed by atoms with Crippen LogP contribution < -0.4 is 15.4 Å². The van der Waals surface area contributed by atoms with E-state index in [1.54, 1.807) is 7.11 Å².